The van der Waals surface area contributed by atoms with E-state index >= 15 is 0 Å². The molecule has 202 valence electrons. The number of imidazole rings is 1. The first-order chi connectivity index (χ1) is 18.4. The zero-order valence-electron chi connectivity index (χ0n) is 23.8. The van der Waals surface area contributed by atoms with Crippen LogP contribution in [-0.2, 0) is 25.9 Å². The fraction of sp³-hybridized carbons (Fsp3) is 0.571. The second-order valence-corrected chi connectivity index (χ2v) is 10.9. The predicted molar refractivity (Wildman–Crippen MR) is 159 cm³/mol. The summed E-state index contributed by atoms with van der Waals surface area (Å²) in [6.07, 6.45) is 27.8. The van der Waals surface area contributed by atoms with Crippen LogP contribution in [0.25, 0.3) is 0 Å². The van der Waals surface area contributed by atoms with Crippen molar-refractivity contribution >= 4 is 0 Å². The topological polar surface area (TPSA) is 8.81 Å². The van der Waals surface area contributed by atoms with Crippen LogP contribution in [0.3, 0.4) is 0 Å². The number of aromatic nitrogens is 2. The van der Waals surface area contributed by atoms with Gasteiger partial charge in [-0.15, -0.1) is 0 Å². The number of unbranched alkanes of at least 4 members (excludes halogenated alkanes) is 13. The van der Waals surface area contributed by atoms with Crippen molar-refractivity contribution in [1.82, 2.24) is 4.57 Å². The van der Waals surface area contributed by atoms with Gasteiger partial charge in [0.2, 0.25) is 0 Å². The number of hydrogen-bond acceptors (Lipinski definition) is 0. The van der Waals surface area contributed by atoms with E-state index < -0.39 is 0 Å². The molecule has 2 aromatic carbocycles. The van der Waals surface area contributed by atoms with Crippen LogP contribution in [0.4, 0.5) is 0 Å². The van der Waals surface area contributed by atoms with Gasteiger partial charge >= 0.3 is 0 Å². The Balaban J connectivity index is 1.34. The Bertz CT molecular complexity index is 928. The monoisotopic (exact) mass is 501 g/mol. The summed E-state index contributed by atoms with van der Waals surface area (Å²) in [7, 11) is 0. The quantitative estimate of drug-likeness (QED) is 0.101. The molecule has 0 aliphatic rings. The van der Waals surface area contributed by atoms with Crippen LogP contribution in [0, 0.1) is 0 Å². The Morgan fingerprint density at radius 2 is 1.08 bits per heavy atom. The van der Waals surface area contributed by atoms with E-state index in [1.165, 1.54) is 113 Å². The van der Waals surface area contributed by atoms with E-state index in [0.29, 0.717) is 0 Å². The number of aryl methyl sites for hydroxylation is 3. The van der Waals surface area contributed by atoms with E-state index in [-0.39, 0.29) is 0 Å². The van der Waals surface area contributed by atoms with E-state index in [1.807, 2.05) is 0 Å². The summed E-state index contributed by atoms with van der Waals surface area (Å²) >= 11 is 0. The fourth-order valence-electron chi connectivity index (χ4n) is 5.46. The molecule has 0 amide bonds. The maximum atomic E-state index is 2.52. The van der Waals surface area contributed by atoms with E-state index in [2.05, 4.69) is 89.1 Å². The van der Waals surface area contributed by atoms with Gasteiger partial charge in [-0.25, -0.2) is 9.13 Å². The second kappa shape index (κ2) is 18.8. The van der Waals surface area contributed by atoms with Crippen molar-refractivity contribution in [2.24, 2.45) is 0 Å². The average Bonchev–Trinajstić information content (AvgIpc) is 3.31. The number of hydrogen-bond donors (Lipinski definition) is 0. The lowest BCUT2D eigenvalue weighted by molar-refractivity contribution is -0.703. The largest absolute Gasteiger partial charge is 0.260 e. The molecule has 1 aromatic heterocycles. The van der Waals surface area contributed by atoms with Crippen LogP contribution < -0.4 is 4.57 Å². The molecule has 0 aliphatic heterocycles. The summed E-state index contributed by atoms with van der Waals surface area (Å²) in [6.45, 7) is 4.53. The highest BCUT2D eigenvalue weighted by atomic mass is 15.1. The van der Waals surface area contributed by atoms with Crippen molar-refractivity contribution in [2.45, 2.75) is 129 Å². The van der Waals surface area contributed by atoms with Crippen LogP contribution >= 0.6 is 0 Å². The minimum absolute atomic E-state index is 1.01. The lowest BCUT2D eigenvalue weighted by Gasteiger charge is -2.07. The van der Waals surface area contributed by atoms with Gasteiger partial charge in [0.05, 0.1) is 19.5 Å². The van der Waals surface area contributed by atoms with Crippen molar-refractivity contribution in [3.05, 3.63) is 90.0 Å². The Morgan fingerprint density at radius 3 is 1.65 bits per heavy atom. The predicted octanol–water partition coefficient (Wildman–Crippen LogP) is 9.48. The molecule has 37 heavy (non-hydrogen) atoms. The average molecular weight is 502 g/mol. The summed E-state index contributed by atoms with van der Waals surface area (Å²) < 4.78 is 5.02. The van der Waals surface area contributed by atoms with Crippen LogP contribution in [0.2, 0.25) is 0 Å². The summed E-state index contributed by atoms with van der Waals surface area (Å²) in [6, 6.07) is 21.9. The van der Waals surface area contributed by atoms with Crippen LogP contribution in [-0.4, -0.2) is 4.57 Å². The molecule has 3 aromatic rings. The Morgan fingerprint density at radius 1 is 0.568 bits per heavy atom. The third-order valence-corrected chi connectivity index (χ3v) is 7.75. The first-order valence-corrected chi connectivity index (χ1v) is 15.5. The summed E-state index contributed by atoms with van der Waals surface area (Å²) in [5.74, 6) is 1.45. The van der Waals surface area contributed by atoms with Gasteiger partial charge in [0, 0.05) is 0 Å². The molecule has 0 fully saturated rings. The molecular weight excluding hydrogens is 448 g/mol. The third kappa shape index (κ3) is 12.2. The molecule has 0 atom stereocenters. The molecule has 0 radical (unpaired) electrons. The first kappa shape index (κ1) is 29.2. The maximum Gasteiger partial charge on any atom is 0.260 e. The molecule has 0 aliphatic carbocycles. The van der Waals surface area contributed by atoms with Crippen molar-refractivity contribution in [2.75, 3.05) is 0 Å². The van der Waals surface area contributed by atoms with Gasteiger partial charge in [0.25, 0.3) is 5.82 Å². The van der Waals surface area contributed by atoms with Crippen LogP contribution in [0.15, 0.2) is 73.1 Å². The van der Waals surface area contributed by atoms with Gasteiger partial charge in [-0.05, 0) is 36.8 Å². The van der Waals surface area contributed by atoms with E-state index in [0.717, 1.165) is 25.9 Å². The molecule has 0 N–H and O–H groups in total. The van der Waals surface area contributed by atoms with E-state index in [1.54, 1.807) is 0 Å². The lowest BCUT2D eigenvalue weighted by atomic mass is 10.0. The highest BCUT2D eigenvalue weighted by Gasteiger charge is 2.17. The van der Waals surface area contributed by atoms with Gasteiger partial charge in [0.15, 0.2) is 0 Å². The number of nitrogens with zero attached hydrogens (tertiary/aromatic N) is 2. The van der Waals surface area contributed by atoms with Crippen LogP contribution in [0.1, 0.15) is 120 Å². The molecular formula is C35H53N2+. The number of rotatable bonds is 21. The summed E-state index contributed by atoms with van der Waals surface area (Å²) in [4.78, 5) is 0. The van der Waals surface area contributed by atoms with Gasteiger partial charge in [-0.1, -0.05) is 145 Å². The molecule has 0 unspecified atom stereocenters. The van der Waals surface area contributed by atoms with Crippen LogP contribution in [0.5, 0.6) is 0 Å². The Labute approximate surface area is 228 Å². The standard InChI is InChI=1S/C35H53N2/c1-2-3-4-5-6-7-8-9-10-11-12-13-14-21-28-36-30-31-37(29-22-27-33-23-17-15-18-24-33)35(36)32-34-25-19-16-20-26-34/h15-20,23-26,30-31H,2-14,21-22,27-29,32H2,1H3/q+1. The Hall–Kier alpha value is -2.35. The minimum atomic E-state index is 1.01. The smallest absolute Gasteiger partial charge is 0.234 e. The lowest BCUT2D eigenvalue weighted by Crippen LogP contribution is -2.37. The second-order valence-electron chi connectivity index (χ2n) is 10.9. The van der Waals surface area contributed by atoms with Gasteiger partial charge in [-0.2, -0.15) is 0 Å². The minimum Gasteiger partial charge on any atom is -0.234 e. The molecule has 0 spiro atoms. The molecule has 2 nitrogen and oxygen atoms in total. The van der Waals surface area contributed by atoms with Gasteiger partial charge in [0.1, 0.15) is 12.4 Å². The molecule has 3 rings (SSSR count). The van der Waals surface area contributed by atoms with Crippen molar-refractivity contribution < 1.29 is 4.57 Å². The SMILES string of the molecule is CCCCCCCCCCCCCCCCn1cc[n+](CCCc2ccccc2)c1Cc1ccccc1. The number of benzene rings is 2. The summed E-state index contributed by atoms with van der Waals surface area (Å²) in [5.41, 5.74) is 2.84. The summed E-state index contributed by atoms with van der Waals surface area (Å²) in [5, 5.41) is 0. The molecule has 0 bridgehead atoms. The maximum absolute atomic E-state index is 2.52. The molecule has 1 heterocycles. The van der Waals surface area contributed by atoms with E-state index in [4.69, 9.17) is 0 Å². The zero-order valence-corrected chi connectivity index (χ0v) is 23.8. The molecule has 2 heteroatoms. The van der Waals surface area contributed by atoms with Crippen molar-refractivity contribution in [1.29, 1.82) is 0 Å². The zero-order chi connectivity index (χ0) is 25.8. The van der Waals surface area contributed by atoms with Crippen molar-refractivity contribution in [3.63, 3.8) is 0 Å². The van der Waals surface area contributed by atoms with Gasteiger partial charge in [-0.3, -0.25) is 0 Å². The molecule has 0 saturated carbocycles. The first-order valence-electron chi connectivity index (χ1n) is 15.5. The molecule has 0 saturated heterocycles. The Kier molecular flexibility index (Phi) is 14.9. The third-order valence-electron chi connectivity index (χ3n) is 7.75. The van der Waals surface area contributed by atoms with Crippen molar-refractivity contribution in [3.8, 4) is 0 Å². The van der Waals surface area contributed by atoms with E-state index in [9.17, 15) is 0 Å². The fourth-order valence-corrected chi connectivity index (χ4v) is 5.46. The highest BCUT2D eigenvalue weighted by Crippen LogP contribution is 2.14. The normalized spacial score (nSPS) is 11.3. The van der Waals surface area contributed by atoms with Gasteiger partial charge < -0.3 is 0 Å². The highest BCUT2D eigenvalue weighted by molar-refractivity contribution is 5.18.